The van der Waals surface area contributed by atoms with E-state index in [9.17, 15) is 0 Å². The van der Waals surface area contributed by atoms with Gasteiger partial charge in [-0.25, -0.2) is 0 Å². The first-order valence-electron chi connectivity index (χ1n) is 3.91. The smallest absolute Gasteiger partial charge is 0.157 e. The Labute approximate surface area is 76.9 Å². The summed E-state index contributed by atoms with van der Waals surface area (Å²) in [5, 5.41) is 18.2. The Balaban J connectivity index is 2.73. The Morgan fingerprint density at radius 2 is 2.08 bits per heavy atom. The number of hydrogen-bond acceptors (Lipinski definition) is 3. The second kappa shape index (κ2) is 4.52. The summed E-state index contributed by atoms with van der Waals surface area (Å²) in [4.78, 5) is 0. The molecule has 0 saturated heterocycles. The summed E-state index contributed by atoms with van der Waals surface area (Å²) in [6.45, 7) is 0.529. The van der Waals surface area contributed by atoms with Crippen LogP contribution in [0.1, 0.15) is 5.56 Å². The molecule has 2 N–H and O–H groups in total. The molecule has 3 nitrogen and oxygen atoms in total. The van der Waals surface area contributed by atoms with Crippen molar-refractivity contribution in [1.29, 1.82) is 0 Å². The lowest BCUT2D eigenvalue weighted by Crippen LogP contribution is -1.80. The number of phenolic OH excluding ortho intramolecular Hbond substituents is 2. The molecule has 0 fully saturated rings. The number of ether oxygens (including phenoxy) is 1. The minimum atomic E-state index is -0.112. The van der Waals surface area contributed by atoms with E-state index in [1.807, 2.05) is 12.2 Å². The van der Waals surface area contributed by atoms with Gasteiger partial charge in [0, 0.05) is 7.11 Å². The van der Waals surface area contributed by atoms with Gasteiger partial charge in [0.05, 0.1) is 6.61 Å². The molecule has 13 heavy (non-hydrogen) atoms. The Hall–Kier alpha value is -1.48. The fraction of sp³-hybridized carbons (Fsp3) is 0.200. The second-order valence-electron chi connectivity index (χ2n) is 2.61. The largest absolute Gasteiger partial charge is 0.504 e. The maximum Gasteiger partial charge on any atom is 0.157 e. The van der Waals surface area contributed by atoms with E-state index in [0.717, 1.165) is 5.56 Å². The van der Waals surface area contributed by atoms with Crippen molar-refractivity contribution in [2.45, 2.75) is 0 Å². The van der Waals surface area contributed by atoms with Crippen LogP contribution in [-0.4, -0.2) is 23.9 Å². The van der Waals surface area contributed by atoms with Crippen LogP contribution in [-0.2, 0) is 4.74 Å². The highest BCUT2D eigenvalue weighted by Gasteiger charge is 1.96. The molecule has 0 heterocycles. The first-order valence-corrected chi connectivity index (χ1v) is 3.91. The molecule has 1 rings (SSSR count). The van der Waals surface area contributed by atoms with Crippen LogP contribution >= 0.6 is 0 Å². The maximum atomic E-state index is 9.14. The summed E-state index contributed by atoms with van der Waals surface area (Å²) in [5.41, 5.74) is 0.826. The molecular formula is C10H12O3. The summed E-state index contributed by atoms with van der Waals surface area (Å²) < 4.78 is 4.82. The number of aromatic hydroxyl groups is 2. The van der Waals surface area contributed by atoms with Crippen LogP contribution < -0.4 is 0 Å². The van der Waals surface area contributed by atoms with Crippen LogP contribution in [0.3, 0.4) is 0 Å². The fourth-order valence-corrected chi connectivity index (χ4v) is 0.925. The second-order valence-corrected chi connectivity index (χ2v) is 2.61. The molecule has 0 spiro atoms. The van der Waals surface area contributed by atoms with Crippen molar-refractivity contribution >= 4 is 6.08 Å². The lowest BCUT2D eigenvalue weighted by Gasteiger charge is -1.98. The molecule has 0 atom stereocenters. The van der Waals surface area contributed by atoms with E-state index < -0.39 is 0 Å². The van der Waals surface area contributed by atoms with Gasteiger partial charge >= 0.3 is 0 Å². The van der Waals surface area contributed by atoms with Crippen molar-refractivity contribution in [3.8, 4) is 11.5 Å². The van der Waals surface area contributed by atoms with Crippen molar-refractivity contribution in [3.05, 3.63) is 29.8 Å². The van der Waals surface area contributed by atoms with Crippen molar-refractivity contribution < 1.29 is 14.9 Å². The van der Waals surface area contributed by atoms with E-state index in [-0.39, 0.29) is 11.5 Å². The molecule has 1 aromatic carbocycles. The van der Waals surface area contributed by atoms with Gasteiger partial charge in [-0.2, -0.15) is 0 Å². The Kier molecular flexibility index (Phi) is 3.34. The number of rotatable bonds is 3. The van der Waals surface area contributed by atoms with E-state index >= 15 is 0 Å². The zero-order chi connectivity index (χ0) is 9.68. The molecule has 1 aromatic rings. The highest BCUT2D eigenvalue weighted by Crippen LogP contribution is 2.25. The van der Waals surface area contributed by atoms with Crippen LogP contribution in [0.5, 0.6) is 11.5 Å². The quantitative estimate of drug-likeness (QED) is 0.697. The predicted octanol–water partition coefficient (Wildman–Crippen LogP) is 1.76. The van der Waals surface area contributed by atoms with Gasteiger partial charge < -0.3 is 14.9 Å². The van der Waals surface area contributed by atoms with E-state index in [0.29, 0.717) is 6.61 Å². The van der Waals surface area contributed by atoms with Gasteiger partial charge in [-0.15, -0.1) is 0 Å². The molecule has 0 amide bonds. The molecule has 0 bridgehead atoms. The summed E-state index contributed by atoms with van der Waals surface area (Å²) >= 11 is 0. The molecule has 0 aromatic heterocycles. The number of methoxy groups -OCH3 is 1. The van der Waals surface area contributed by atoms with Gasteiger partial charge in [-0.1, -0.05) is 18.2 Å². The Morgan fingerprint density at radius 1 is 1.31 bits per heavy atom. The van der Waals surface area contributed by atoms with E-state index in [2.05, 4.69) is 0 Å². The number of benzene rings is 1. The Morgan fingerprint density at radius 3 is 2.69 bits per heavy atom. The highest BCUT2D eigenvalue weighted by molar-refractivity contribution is 5.54. The van der Waals surface area contributed by atoms with Crippen molar-refractivity contribution in [2.24, 2.45) is 0 Å². The lowest BCUT2D eigenvalue weighted by atomic mass is 10.2. The predicted molar refractivity (Wildman–Crippen MR) is 50.7 cm³/mol. The molecule has 0 radical (unpaired) electrons. The van der Waals surface area contributed by atoms with Gasteiger partial charge in [0.2, 0.25) is 0 Å². The minimum Gasteiger partial charge on any atom is -0.504 e. The van der Waals surface area contributed by atoms with Crippen molar-refractivity contribution in [2.75, 3.05) is 13.7 Å². The minimum absolute atomic E-state index is 0.108. The van der Waals surface area contributed by atoms with Gasteiger partial charge in [-0.3, -0.25) is 0 Å². The average Bonchev–Trinajstić information content (AvgIpc) is 2.12. The molecule has 3 heteroatoms. The first kappa shape index (κ1) is 9.61. The summed E-state index contributed by atoms with van der Waals surface area (Å²) in [5.74, 6) is -0.219. The van der Waals surface area contributed by atoms with Crippen molar-refractivity contribution in [3.63, 3.8) is 0 Å². The average molecular weight is 180 g/mol. The lowest BCUT2D eigenvalue weighted by molar-refractivity contribution is 0.234. The molecule has 0 saturated carbocycles. The summed E-state index contributed by atoms with van der Waals surface area (Å²) in [6.07, 6.45) is 3.63. The third-order valence-corrected chi connectivity index (χ3v) is 1.57. The standard InChI is InChI=1S/C10H12O3/c1-13-6-2-3-8-4-5-9(11)10(12)7-8/h2-5,7,11-12H,6H2,1H3. The fourth-order valence-electron chi connectivity index (χ4n) is 0.925. The molecule has 0 aliphatic rings. The van der Waals surface area contributed by atoms with Crippen LogP contribution in [0.2, 0.25) is 0 Å². The number of hydrogen-bond donors (Lipinski definition) is 2. The van der Waals surface area contributed by atoms with Gasteiger partial charge in [0.1, 0.15) is 0 Å². The molecule has 70 valence electrons. The molecule has 0 unspecified atom stereocenters. The Bertz CT molecular complexity index is 305. The molecule has 0 aliphatic heterocycles. The van der Waals surface area contributed by atoms with E-state index in [4.69, 9.17) is 14.9 Å². The van der Waals surface area contributed by atoms with Crippen LogP contribution in [0.25, 0.3) is 6.08 Å². The van der Waals surface area contributed by atoms with E-state index in [1.54, 1.807) is 13.2 Å². The zero-order valence-corrected chi connectivity index (χ0v) is 7.40. The van der Waals surface area contributed by atoms with Crippen LogP contribution in [0.15, 0.2) is 24.3 Å². The van der Waals surface area contributed by atoms with Crippen molar-refractivity contribution in [1.82, 2.24) is 0 Å². The van der Waals surface area contributed by atoms with Gasteiger partial charge in [0.25, 0.3) is 0 Å². The van der Waals surface area contributed by atoms with Crippen LogP contribution in [0, 0.1) is 0 Å². The zero-order valence-electron chi connectivity index (χ0n) is 7.40. The topological polar surface area (TPSA) is 49.7 Å². The molecule has 0 aliphatic carbocycles. The third-order valence-electron chi connectivity index (χ3n) is 1.57. The van der Waals surface area contributed by atoms with Crippen LogP contribution in [0.4, 0.5) is 0 Å². The maximum absolute atomic E-state index is 9.14. The normalized spacial score (nSPS) is 10.8. The summed E-state index contributed by atoms with van der Waals surface area (Å²) in [6, 6.07) is 4.64. The highest BCUT2D eigenvalue weighted by atomic mass is 16.5. The summed E-state index contributed by atoms with van der Waals surface area (Å²) in [7, 11) is 1.61. The van der Waals surface area contributed by atoms with Gasteiger partial charge in [-0.05, 0) is 17.7 Å². The number of phenols is 2. The molecular weight excluding hydrogens is 168 g/mol. The third kappa shape index (κ3) is 2.80. The SMILES string of the molecule is COCC=Cc1ccc(O)c(O)c1. The first-order chi connectivity index (χ1) is 6.24. The monoisotopic (exact) mass is 180 g/mol. The van der Waals surface area contributed by atoms with E-state index in [1.165, 1.54) is 12.1 Å². The van der Waals surface area contributed by atoms with Gasteiger partial charge in [0.15, 0.2) is 11.5 Å².